The molecule has 2 heteroatoms. The van der Waals surface area contributed by atoms with Gasteiger partial charge in [-0.2, -0.15) is 0 Å². The van der Waals surface area contributed by atoms with Crippen LogP contribution in [0, 0.1) is 0 Å². The molecule has 84 valence electrons. The van der Waals surface area contributed by atoms with Gasteiger partial charge in [-0.1, -0.05) is 42.5 Å². The van der Waals surface area contributed by atoms with Gasteiger partial charge in [0.1, 0.15) is 6.17 Å². The van der Waals surface area contributed by atoms with Crippen molar-refractivity contribution >= 4 is 10.8 Å². The Kier molecular flexibility index (Phi) is 3.52. The van der Waals surface area contributed by atoms with Gasteiger partial charge in [0.15, 0.2) is 0 Å². The minimum absolute atomic E-state index is 0.406. The van der Waals surface area contributed by atoms with Crippen LogP contribution in [-0.2, 0) is 6.42 Å². The van der Waals surface area contributed by atoms with E-state index in [1.54, 1.807) is 7.05 Å². The lowest BCUT2D eigenvalue weighted by molar-refractivity contribution is 0.325. The zero-order valence-electron chi connectivity index (χ0n) is 9.41. The van der Waals surface area contributed by atoms with E-state index in [-0.39, 0.29) is 0 Å². The number of rotatable bonds is 4. The standard InChI is InChI=1S/C14H16FN/c1-16-10-13(15)9-12-7-4-6-11-5-2-3-8-14(11)12/h2-8,13,16H,9-10H2,1H3/t13-/m0/s1. The highest BCUT2D eigenvalue weighted by Crippen LogP contribution is 2.20. The molecule has 0 radical (unpaired) electrons. The third-order valence-electron chi connectivity index (χ3n) is 2.75. The van der Waals surface area contributed by atoms with Crippen molar-refractivity contribution in [2.45, 2.75) is 12.6 Å². The molecule has 0 amide bonds. The van der Waals surface area contributed by atoms with Crippen LogP contribution in [0.4, 0.5) is 4.39 Å². The normalized spacial score (nSPS) is 12.9. The molecule has 0 aromatic heterocycles. The highest BCUT2D eigenvalue weighted by molar-refractivity contribution is 5.85. The summed E-state index contributed by atoms with van der Waals surface area (Å²) < 4.78 is 13.6. The third kappa shape index (κ3) is 2.39. The molecule has 2 aromatic carbocycles. The van der Waals surface area contributed by atoms with E-state index in [0.29, 0.717) is 13.0 Å². The van der Waals surface area contributed by atoms with E-state index in [2.05, 4.69) is 23.5 Å². The van der Waals surface area contributed by atoms with Crippen LogP contribution in [0.2, 0.25) is 0 Å². The molecule has 2 rings (SSSR count). The Labute approximate surface area is 95.3 Å². The Balaban J connectivity index is 2.30. The van der Waals surface area contributed by atoms with Crippen molar-refractivity contribution in [1.82, 2.24) is 5.32 Å². The summed E-state index contributed by atoms with van der Waals surface area (Å²) in [6.45, 7) is 0.406. The first-order chi connectivity index (χ1) is 7.81. The fraction of sp³-hybridized carbons (Fsp3) is 0.286. The topological polar surface area (TPSA) is 12.0 Å². The largest absolute Gasteiger partial charge is 0.317 e. The average molecular weight is 217 g/mol. The fourth-order valence-corrected chi connectivity index (χ4v) is 2.00. The van der Waals surface area contributed by atoms with Gasteiger partial charge in [-0.05, 0) is 23.4 Å². The van der Waals surface area contributed by atoms with Gasteiger partial charge in [-0.25, -0.2) is 4.39 Å². The molecule has 0 aliphatic heterocycles. The van der Waals surface area contributed by atoms with Gasteiger partial charge in [0.2, 0.25) is 0 Å². The monoisotopic (exact) mass is 217 g/mol. The minimum Gasteiger partial charge on any atom is -0.317 e. The van der Waals surface area contributed by atoms with E-state index in [9.17, 15) is 4.39 Å². The predicted octanol–water partition coefficient (Wildman–Crippen LogP) is 2.94. The highest BCUT2D eigenvalue weighted by atomic mass is 19.1. The molecule has 1 atom stereocenters. The molecule has 0 fully saturated rings. The molecule has 0 spiro atoms. The number of fused-ring (bicyclic) bond motifs is 1. The first-order valence-electron chi connectivity index (χ1n) is 5.56. The molecule has 1 nitrogen and oxygen atoms in total. The average Bonchev–Trinajstić information content (AvgIpc) is 2.30. The van der Waals surface area contributed by atoms with E-state index in [1.807, 2.05) is 24.3 Å². The molecule has 0 aliphatic carbocycles. The smallest absolute Gasteiger partial charge is 0.117 e. The van der Waals surface area contributed by atoms with Crippen molar-refractivity contribution in [3.05, 3.63) is 48.0 Å². The molecule has 2 aromatic rings. The van der Waals surface area contributed by atoms with Crippen molar-refractivity contribution in [3.8, 4) is 0 Å². The molecule has 16 heavy (non-hydrogen) atoms. The molecule has 0 saturated heterocycles. The lowest BCUT2D eigenvalue weighted by Crippen LogP contribution is -2.21. The van der Waals surface area contributed by atoms with Crippen LogP contribution in [0.5, 0.6) is 0 Å². The molecule has 0 saturated carbocycles. The number of hydrogen-bond acceptors (Lipinski definition) is 1. The highest BCUT2D eigenvalue weighted by Gasteiger charge is 2.08. The summed E-state index contributed by atoms with van der Waals surface area (Å²) in [7, 11) is 1.77. The van der Waals surface area contributed by atoms with Gasteiger partial charge >= 0.3 is 0 Å². The summed E-state index contributed by atoms with van der Waals surface area (Å²) in [6.07, 6.45) is -0.349. The Hall–Kier alpha value is -1.41. The van der Waals surface area contributed by atoms with Gasteiger partial charge in [-0.15, -0.1) is 0 Å². The second kappa shape index (κ2) is 5.08. The SMILES string of the molecule is CNC[C@@H](F)Cc1cccc2ccccc12. The van der Waals surface area contributed by atoms with Gasteiger partial charge in [0, 0.05) is 13.0 Å². The van der Waals surface area contributed by atoms with E-state index in [1.165, 1.54) is 5.39 Å². The zero-order valence-corrected chi connectivity index (χ0v) is 9.41. The third-order valence-corrected chi connectivity index (χ3v) is 2.75. The lowest BCUT2D eigenvalue weighted by Gasteiger charge is -2.10. The lowest BCUT2D eigenvalue weighted by atomic mass is 10.0. The van der Waals surface area contributed by atoms with Crippen LogP contribution in [0.3, 0.4) is 0 Å². The maximum Gasteiger partial charge on any atom is 0.117 e. The van der Waals surface area contributed by atoms with Crippen LogP contribution < -0.4 is 5.32 Å². The van der Waals surface area contributed by atoms with Crippen molar-refractivity contribution in [2.75, 3.05) is 13.6 Å². The van der Waals surface area contributed by atoms with Crippen LogP contribution in [0.15, 0.2) is 42.5 Å². The molecule has 0 bridgehead atoms. The van der Waals surface area contributed by atoms with Crippen LogP contribution in [0.25, 0.3) is 10.8 Å². The fourth-order valence-electron chi connectivity index (χ4n) is 2.00. The summed E-state index contributed by atoms with van der Waals surface area (Å²) in [5.41, 5.74) is 1.08. The second-order valence-corrected chi connectivity index (χ2v) is 4.00. The van der Waals surface area contributed by atoms with E-state index in [0.717, 1.165) is 10.9 Å². The maximum absolute atomic E-state index is 13.6. The van der Waals surface area contributed by atoms with E-state index in [4.69, 9.17) is 0 Å². The van der Waals surface area contributed by atoms with E-state index >= 15 is 0 Å². The zero-order chi connectivity index (χ0) is 11.4. The Bertz CT molecular complexity index is 462. The van der Waals surface area contributed by atoms with E-state index < -0.39 is 6.17 Å². The van der Waals surface area contributed by atoms with Gasteiger partial charge in [-0.3, -0.25) is 0 Å². The summed E-state index contributed by atoms with van der Waals surface area (Å²) in [4.78, 5) is 0. The molecule has 0 heterocycles. The number of halogens is 1. The quantitative estimate of drug-likeness (QED) is 0.830. The molecular formula is C14H16FN. The number of benzene rings is 2. The number of alkyl halides is 1. The first kappa shape index (κ1) is 11.1. The summed E-state index contributed by atoms with van der Waals surface area (Å²) in [6, 6.07) is 14.2. The van der Waals surface area contributed by atoms with Crippen molar-refractivity contribution in [3.63, 3.8) is 0 Å². The van der Waals surface area contributed by atoms with Crippen LogP contribution in [-0.4, -0.2) is 19.8 Å². The van der Waals surface area contributed by atoms with Crippen molar-refractivity contribution in [2.24, 2.45) is 0 Å². The second-order valence-electron chi connectivity index (χ2n) is 4.00. The Morgan fingerprint density at radius 3 is 2.69 bits per heavy atom. The van der Waals surface area contributed by atoms with Crippen molar-refractivity contribution in [1.29, 1.82) is 0 Å². The summed E-state index contributed by atoms with van der Waals surface area (Å²) in [5.74, 6) is 0. The predicted molar refractivity (Wildman–Crippen MR) is 66.5 cm³/mol. The number of hydrogen-bond donors (Lipinski definition) is 1. The van der Waals surface area contributed by atoms with Crippen LogP contribution in [0.1, 0.15) is 5.56 Å². The minimum atomic E-state index is -0.823. The summed E-state index contributed by atoms with van der Waals surface area (Å²) in [5, 5.41) is 5.19. The van der Waals surface area contributed by atoms with Gasteiger partial charge < -0.3 is 5.32 Å². The summed E-state index contributed by atoms with van der Waals surface area (Å²) >= 11 is 0. The Morgan fingerprint density at radius 2 is 1.88 bits per heavy atom. The van der Waals surface area contributed by atoms with Crippen molar-refractivity contribution < 1.29 is 4.39 Å². The van der Waals surface area contributed by atoms with Gasteiger partial charge in [0.05, 0.1) is 0 Å². The van der Waals surface area contributed by atoms with Gasteiger partial charge in [0.25, 0.3) is 0 Å². The Morgan fingerprint density at radius 1 is 1.12 bits per heavy atom. The molecular weight excluding hydrogens is 201 g/mol. The first-order valence-corrected chi connectivity index (χ1v) is 5.56. The molecule has 0 aliphatic rings. The maximum atomic E-state index is 13.6. The number of nitrogens with one attached hydrogen (secondary N) is 1. The molecule has 1 N–H and O–H groups in total. The molecule has 0 unspecified atom stereocenters. The van der Waals surface area contributed by atoms with Crippen LogP contribution >= 0.6 is 0 Å².